The Bertz CT molecular complexity index is 480. The zero-order valence-electron chi connectivity index (χ0n) is 13.5. The first-order valence-electron chi connectivity index (χ1n) is 7.54. The third-order valence-electron chi connectivity index (χ3n) is 3.18. The fourth-order valence-electron chi connectivity index (χ4n) is 2.06. The van der Waals surface area contributed by atoms with Crippen molar-refractivity contribution in [3.63, 3.8) is 0 Å². The Morgan fingerprint density at radius 1 is 1.36 bits per heavy atom. The second-order valence-electron chi connectivity index (χ2n) is 5.67. The van der Waals surface area contributed by atoms with Crippen molar-refractivity contribution < 1.29 is 14.3 Å². The molecular formula is C16H26FN3O2. The summed E-state index contributed by atoms with van der Waals surface area (Å²) in [6.07, 6.45) is 0.987. The van der Waals surface area contributed by atoms with Gasteiger partial charge in [0.15, 0.2) is 0 Å². The number of nitrogens with one attached hydrogen (secondary N) is 2. The highest BCUT2D eigenvalue weighted by molar-refractivity contribution is 5.73. The van der Waals surface area contributed by atoms with Crippen LogP contribution in [0.15, 0.2) is 18.2 Å². The molecule has 1 atom stereocenters. The van der Waals surface area contributed by atoms with Crippen LogP contribution < -0.4 is 10.6 Å². The molecule has 6 heteroatoms. The summed E-state index contributed by atoms with van der Waals surface area (Å²) < 4.78 is 13.9. The molecule has 0 radical (unpaired) electrons. The van der Waals surface area contributed by atoms with Crippen LogP contribution in [0.4, 0.5) is 9.18 Å². The largest absolute Gasteiger partial charge is 0.391 e. The SMILES string of the molecule is CCCC(O)CNC(=O)NCc1ccc(CN(C)C)c(F)c1. The maximum absolute atomic E-state index is 13.9. The van der Waals surface area contributed by atoms with E-state index in [-0.39, 0.29) is 24.9 Å². The number of carbonyl (C=O) groups is 1. The summed E-state index contributed by atoms with van der Waals surface area (Å²) in [4.78, 5) is 13.5. The summed E-state index contributed by atoms with van der Waals surface area (Å²) in [7, 11) is 3.76. The van der Waals surface area contributed by atoms with E-state index in [2.05, 4.69) is 10.6 Å². The number of nitrogens with zero attached hydrogens (tertiary/aromatic N) is 1. The summed E-state index contributed by atoms with van der Waals surface area (Å²) in [5, 5.41) is 14.8. The Hall–Kier alpha value is -1.66. The number of aliphatic hydroxyl groups excluding tert-OH is 1. The maximum atomic E-state index is 13.9. The molecule has 1 unspecified atom stereocenters. The molecule has 1 aromatic carbocycles. The fraction of sp³-hybridized carbons (Fsp3) is 0.562. The van der Waals surface area contributed by atoms with E-state index in [1.165, 1.54) is 6.07 Å². The number of aliphatic hydroxyl groups is 1. The molecule has 0 heterocycles. The smallest absolute Gasteiger partial charge is 0.315 e. The average molecular weight is 311 g/mol. The van der Waals surface area contributed by atoms with Crippen molar-refractivity contribution in [2.24, 2.45) is 0 Å². The van der Waals surface area contributed by atoms with Crippen molar-refractivity contribution in [3.8, 4) is 0 Å². The minimum Gasteiger partial charge on any atom is -0.391 e. The van der Waals surface area contributed by atoms with Gasteiger partial charge in [0, 0.05) is 25.2 Å². The standard InChI is InChI=1S/C16H26FN3O2/c1-4-5-14(21)10-19-16(22)18-9-12-6-7-13(11-20(2)3)15(17)8-12/h6-8,14,21H,4-5,9-11H2,1-3H3,(H2,18,19,22). The highest BCUT2D eigenvalue weighted by atomic mass is 19.1. The molecule has 0 bridgehead atoms. The van der Waals surface area contributed by atoms with Crippen molar-refractivity contribution in [1.82, 2.24) is 15.5 Å². The van der Waals surface area contributed by atoms with E-state index in [1.807, 2.05) is 25.9 Å². The van der Waals surface area contributed by atoms with Crippen molar-refractivity contribution in [2.45, 2.75) is 39.0 Å². The second-order valence-corrected chi connectivity index (χ2v) is 5.67. The Labute approximate surface area is 131 Å². The van der Waals surface area contributed by atoms with E-state index >= 15 is 0 Å². The van der Waals surface area contributed by atoms with E-state index in [0.717, 1.165) is 6.42 Å². The molecule has 124 valence electrons. The number of hydrogen-bond acceptors (Lipinski definition) is 3. The molecule has 5 nitrogen and oxygen atoms in total. The van der Waals surface area contributed by atoms with Gasteiger partial charge in [0.25, 0.3) is 0 Å². The molecular weight excluding hydrogens is 285 g/mol. The fourth-order valence-corrected chi connectivity index (χ4v) is 2.06. The zero-order chi connectivity index (χ0) is 16.5. The van der Waals surface area contributed by atoms with Crippen LogP contribution in [0.3, 0.4) is 0 Å². The van der Waals surface area contributed by atoms with Crippen LogP contribution in [-0.4, -0.2) is 42.8 Å². The van der Waals surface area contributed by atoms with Crippen LogP contribution in [0, 0.1) is 5.82 Å². The van der Waals surface area contributed by atoms with Crippen LogP contribution in [-0.2, 0) is 13.1 Å². The predicted molar refractivity (Wildman–Crippen MR) is 84.9 cm³/mol. The molecule has 0 aliphatic heterocycles. The summed E-state index contributed by atoms with van der Waals surface area (Å²) in [5.74, 6) is -0.272. The van der Waals surface area contributed by atoms with Gasteiger partial charge in [0.05, 0.1) is 6.10 Å². The van der Waals surface area contributed by atoms with E-state index < -0.39 is 6.10 Å². The van der Waals surface area contributed by atoms with Gasteiger partial charge in [0.1, 0.15) is 5.82 Å². The molecule has 0 aromatic heterocycles. The van der Waals surface area contributed by atoms with Gasteiger partial charge in [-0.25, -0.2) is 9.18 Å². The maximum Gasteiger partial charge on any atom is 0.315 e. The summed E-state index contributed by atoms with van der Waals surface area (Å²) in [5.41, 5.74) is 1.32. The van der Waals surface area contributed by atoms with Crippen LogP contribution in [0.5, 0.6) is 0 Å². The first-order chi connectivity index (χ1) is 10.4. The normalized spacial score (nSPS) is 12.3. The van der Waals surface area contributed by atoms with Gasteiger partial charge in [-0.15, -0.1) is 0 Å². The van der Waals surface area contributed by atoms with Crippen molar-refractivity contribution >= 4 is 6.03 Å². The van der Waals surface area contributed by atoms with Gasteiger partial charge < -0.3 is 20.6 Å². The molecule has 0 saturated heterocycles. The van der Waals surface area contributed by atoms with Crippen molar-refractivity contribution in [1.29, 1.82) is 0 Å². The zero-order valence-corrected chi connectivity index (χ0v) is 13.5. The van der Waals surface area contributed by atoms with Gasteiger partial charge in [-0.2, -0.15) is 0 Å². The number of carbonyl (C=O) groups excluding carboxylic acids is 1. The molecule has 2 amide bonds. The lowest BCUT2D eigenvalue weighted by atomic mass is 10.1. The number of halogens is 1. The van der Waals surface area contributed by atoms with Crippen LogP contribution >= 0.6 is 0 Å². The summed E-state index contributed by atoms with van der Waals surface area (Å²) >= 11 is 0. The third kappa shape index (κ3) is 6.87. The Morgan fingerprint density at radius 3 is 2.68 bits per heavy atom. The lowest BCUT2D eigenvalue weighted by Gasteiger charge is -2.13. The van der Waals surface area contributed by atoms with E-state index in [4.69, 9.17) is 0 Å². The van der Waals surface area contributed by atoms with Gasteiger partial charge in [-0.05, 0) is 32.1 Å². The summed E-state index contributed by atoms with van der Waals surface area (Å²) in [6, 6.07) is 4.60. The Morgan fingerprint density at radius 2 is 2.09 bits per heavy atom. The third-order valence-corrected chi connectivity index (χ3v) is 3.18. The molecule has 0 saturated carbocycles. The van der Waals surface area contributed by atoms with Gasteiger partial charge in [-0.3, -0.25) is 0 Å². The molecule has 3 N–H and O–H groups in total. The number of rotatable bonds is 8. The topological polar surface area (TPSA) is 64.6 Å². The molecule has 1 rings (SSSR count). The monoisotopic (exact) mass is 311 g/mol. The highest BCUT2D eigenvalue weighted by Gasteiger charge is 2.07. The molecule has 1 aromatic rings. The molecule has 0 aliphatic rings. The van der Waals surface area contributed by atoms with E-state index in [1.54, 1.807) is 12.1 Å². The summed E-state index contributed by atoms with van der Waals surface area (Å²) in [6.45, 7) is 2.97. The van der Waals surface area contributed by atoms with E-state index in [9.17, 15) is 14.3 Å². The molecule has 22 heavy (non-hydrogen) atoms. The van der Waals surface area contributed by atoms with Crippen molar-refractivity contribution in [2.75, 3.05) is 20.6 Å². The second kappa shape index (κ2) is 9.38. The van der Waals surface area contributed by atoms with Crippen LogP contribution in [0.1, 0.15) is 30.9 Å². The predicted octanol–water partition coefficient (Wildman–Crippen LogP) is 1.85. The number of benzene rings is 1. The lowest BCUT2D eigenvalue weighted by Crippen LogP contribution is -2.39. The number of amides is 2. The minimum atomic E-state index is -0.529. The van der Waals surface area contributed by atoms with Gasteiger partial charge in [0.2, 0.25) is 0 Å². The lowest BCUT2D eigenvalue weighted by molar-refractivity contribution is 0.160. The van der Waals surface area contributed by atoms with Crippen molar-refractivity contribution in [3.05, 3.63) is 35.1 Å². The number of hydrogen-bond donors (Lipinski definition) is 3. The van der Waals surface area contributed by atoms with Gasteiger partial charge in [-0.1, -0.05) is 25.5 Å². The Balaban J connectivity index is 2.41. The Kier molecular flexibility index (Phi) is 7.84. The first-order valence-corrected chi connectivity index (χ1v) is 7.54. The van der Waals surface area contributed by atoms with Crippen LogP contribution in [0.2, 0.25) is 0 Å². The molecule has 0 fully saturated rings. The first kappa shape index (κ1) is 18.4. The average Bonchev–Trinajstić information content (AvgIpc) is 2.45. The van der Waals surface area contributed by atoms with E-state index in [0.29, 0.717) is 24.1 Å². The van der Waals surface area contributed by atoms with Gasteiger partial charge >= 0.3 is 6.03 Å². The number of urea groups is 1. The quantitative estimate of drug-likeness (QED) is 0.686. The highest BCUT2D eigenvalue weighted by Crippen LogP contribution is 2.11. The van der Waals surface area contributed by atoms with Crippen LogP contribution in [0.25, 0.3) is 0 Å². The molecule has 0 spiro atoms. The minimum absolute atomic E-state index is 0.218. The molecule has 0 aliphatic carbocycles.